The summed E-state index contributed by atoms with van der Waals surface area (Å²) in [7, 11) is 0. The van der Waals surface area contributed by atoms with Crippen molar-refractivity contribution in [2.24, 2.45) is 0 Å². The molecule has 18 heteroatoms. The lowest BCUT2D eigenvalue weighted by molar-refractivity contribution is -0.120. The number of likely N-dealkylation sites (tertiary alicyclic amines) is 1. The maximum Gasteiger partial charge on any atom is 0.410 e. The van der Waals surface area contributed by atoms with E-state index in [2.05, 4.69) is 80.6 Å². The van der Waals surface area contributed by atoms with Crippen LogP contribution in [-0.2, 0) is 23.8 Å². The van der Waals surface area contributed by atoms with Crippen molar-refractivity contribution in [3.8, 4) is 22.5 Å². The molecule has 3 amide bonds. The number of morpholine rings is 2. The summed E-state index contributed by atoms with van der Waals surface area (Å²) in [4.78, 5) is 62.0. The third-order valence-electron chi connectivity index (χ3n) is 12.8. The molecule has 4 aliphatic rings. The van der Waals surface area contributed by atoms with Crippen molar-refractivity contribution < 1.29 is 28.6 Å². The van der Waals surface area contributed by atoms with Crippen LogP contribution in [0.5, 0.6) is 0 Å². The van der Waals surface area contributed by atoms with Crippen molar-refractivity contribution in [2.45, 2.75) is 64.1 Å². The normalized spacial score (nSPS) is 17.8. The van der Waals surface area contributed by atoms with Gasteiger partial charge in [0, 0.05) is 90.4 Å². The van der Waals surface area contributed by atoms with Crippen LogP contribution in [0.25, 0.3) is 22.5 Å². The zero-order valence-corrected chi connectivity index (χ0v) is 41.7. The standard InChI is InChI=1S/C30H36N6O4.C25H28N6O2/c1-30(2,3)40-29(38)36-16-4-5-26(36)27(37)32-22-8-6-21(7-9-22)25-14-15-31-28(34-25)33-23-10-12-24(13-11-23)35-17-19-39-20-18-35;32-24(23-2-1-12-26-23)28-19-5-3-18(4-6-19)22-11-13-27-25(30-22)29-20-7-9-21(10-8-20)31-14-16-33-17-15-31/h6-15,26H,4-5,16-20H2,1-3H3,(H,32,37)(H,31,33,34);3-11,13,23,26H,1-2,12,14-17H2,(H,28,32)(H,27,29,30). The van der Waals surface area contributed by atoms with Crippen LogP contribution in [0, 0.1) is 0 Å². The number of carbonyl (C=O) groups is 3. The van der Waals surface area contributed by atoms with E-state index in [0.29, 0.717) is 30.5 Å². The van der Waals surface area contributed by atoms with E-state index in [-0.39, 0.29) is 17.9 Å². The SMILES string of the molecule is CC(C)(C)OC(=O)N1CCCC1C(=O)Nc1ccc(-c2ccnc(Nc3ccc(N4CCOCC4)cc3)n2)cc1.O=C(Nc1ccc(-c2ccnc(Nc3ccc(N4CCOCC4)cc3)n2)cc1)C1CCCN1. The molecule has 2 aromatic heterocycles. The summed E-state index contributed by atoms with van der Waals surface area (Å²) < 4.78 is 16.3. The highest BCUT2D eigenvalue weighted by Crippen LogP contribution is 2.28. The predicted octanol–water partition coefficient (Wildman–Crippen LogP) is 8.48. The molecule has 5 N–H and O–H groups in total. The van der Waals surface area contributed by atoms with Gasteiger partial charge in [-0.1, -0.05) is 24.3 Å². The van der Waals surface area contributed by atoms with Gasteiger partial charge in [-0.25, -0.2) is 24.7 Å². The maximum atomic E-state index is 13.0. The predicted molar refractivity (Wildman–Crippen MR) is 285 cm³/mol. The number of ether oxygens (including phenoxy) is 3. The van der Waals surface area contributed by atoms with Crippen molar-refractivity contribution in [1.29, 1.82) is 0 Å². The third-order valence-corrected chi connectivity index (χ3v) is 12.8. The van der Waals surface area contributed by atoms with Gasteiger partial charge in [-0.15, -0.1) is 0 Å². The number of aromatic nitrogens is 4. The molecule has 2 atom stereocenters. The molecular weight excluding hydrogens is 925 g/mol. The fourth-order valence-corrected chi connectivity index (χ4v) is 8.96. The number of hydrogen-bond donors (Lipinski definition) is 5. The van der Waals surface area contributed by atoms with Crippen molar-refractivity contribution in [2.75, 3.05) is 96.8 Å². The first-order chi connectivity index (χ1) is 35.5. The summed E-state index contributed by atoms with van der Waals surface area (Å²) in [6.07, 6.45) is 6.30. The largest absolute Gasteiger partial charge is 0.444 e. The molecule has 0 spiro atoms. The summed E-state index contributed by atoms with van der Waals surface area (Å²) in [5.74, 6) is 0.839. The van der Waals surface area contributed by atoms with E-state index in [1.807, 2.05) is 106 Å². The van der Waals surface area contributed by atoms with Gasteiger partial charge < -0.3 is 50.6 Å². The molecule has 4 aromatic carbocycles. The Morgan fingerprint density at radius 1 is 0.575 bits per heavy atom. The van der Waals surface area contributed by atoms with E-state index in [1.54, 1.807) is 12.4 Å². The van der Waals surface area contributed by atoms with Crippen molar-refractivity contribution in [3.05, 3.63) is 122 Å². The molecule has 4 saturated heterocycles. The second-order valence-electron chi connectivity index (χ2n) is 19.2. The number of benzene rings is 4. The second kappa shape index (κ2) is 23.7. The monoisotopic (exact) mass is 989 g/mol. The van der Waals surface area contributed by atoms with Crippen LogP contribution in [0.2, 0.25) is 0 Å². The minimum Gasteiger partial charge on any atom is -0.444 e. The van der Waals surface area contributed by atoms with Crippen molar-refractivity contribution >= 4 is 63.9 Å². The summed E-state index contributed by atoms with van der Waals surface area (Å²) >= 11 is 0. The molecule has 2 unspecified atom stereocenters. The zero-order valence-electron chi connectivity index (χ0n) is 41.7. The zero-order chi connectivity index (χ0) is 50.6. The quantitative estimate of drug-likeness (QED) is 0.0781. The van der Waals surface area contributed by atoms with Gasteiger partial charge in [-0.3, -0.25) is 14.5 Å². The number of carbonyl (C=O) groups excluding carboxylic acids is 3. The van der Waals surface area contributed by atoms with E-state index in [0.717, 1.165) is 118 Å². The first-order valence-corrected chi connectivity index (χ1v) is 25.1. The minimum atomic E-state index is -0.611. The lowest BCUT2D eigenvalue weighted by atomic mass is 10.1. The van der Waals surface area contributed by atoms with E-state index in [1.165, 1.54) is 16.3 Å². The molecular formula is C55H64N12O6. The highest BCUT2D eigenvalue weighted by atomic mass is 16.6. The van der Waals surface area contributed by atoms with E-state index < -0.39 is 17.7 Å². The van der Waals surface area contributed by atoms with Crippen molar-refractivity contribution in [1.82, 2.24) is 30.2 Å². The molecule has 6 aromatic rings. The van der Waals surface area contributed by atoms with Crippen LogP contribution >= 0.6 is 0 Å². The van der Waals surface area contributed by atoms with Crippen LogP contribution < -0.4 is 36.4 Å². The molecule has 380 valence electrons. The number of nitrogens with one attached hydrogen (secondary N) is 5. The maximum absolute atomic E-state index is 13.0. The number of anilines is 8. The Bertz CT molecular complexity index is 2770. The van der Waals surface area contributed by atoms with E-state index in [9.17, 15) is 14.4 Å². The summed E-state index contributed by atoms with van der Waals surface area (Å²) in [6, 6.07) is 34.8. The second-order valence-corrected chi connectivity index (χ2v) is 19.2. The minimum absolute atomic E-state index is 0.0217. The molecule has 6 heterocycles. The van der Waals surface area contributed by atoms with Gasteiger partial charge in [0.25, 0.3) is 0 Å². The molecule has 0 radical (unpaired) electrons. The Kier molecular flexibility index (Phi) is 16.3. The topological polar surface area (TPSA) is 200 Å². The number of amides is 3. The first kappa shape index (κ1) is 50.3. The summed E-state index contributed by atoms with van der Waals surface area (Å²) in [5.41, 5.74) is 8.43. The Hall–Kier alpha value is -7.67. The molecule has 73 heavy (non-hydrogen) atoms. The van der Waals surface area contributed by atoms with Crippen LogP contribution in [0.1, 0.15) is 46.5 Å². The smallest absolute Gasteiger partial charge is 0.410 e. The highest BCUT2D eigenvalue weighted by molar-refractivity contribution is 5.97. The fourth-order valence-electron chi connectivity index (χ4n) is 8.96. The fraction of sp³-hybridized carbons (Fsp3) is 0.364. The van der Waals surface area contributed by atoms with E-state index >= 15 is 0 Å². The number of nitrogens with zero attached hydrogens (tertiary/aromatic N) is 7. The van der Waals surface area contributed by atoms with Crippen LogP contribution in [0.15, 0.2) is 122 Å². The molecule has 0 aliphatic carbocycles. The lowest BCUT2D eigenvalue weighted by Gasteiger charge is -2.28. The Morgan fingerprint density at radius 3 is 1.49 bits per heavy atom. The highest BCUT2D eigenvalue weighted by Gasteiger charge is 2.36. The molecule has 4 aliphatic heterocycles. The van der Waals surface area contributed by atoms with Gasteiger partial charge in [-0.05, 0) is 138 Å². The summed E-state index contributed by atoms with van der Waals surface area (Å²) in [6.45, 7) is 13.5. The van der Waals surface area contributed by atoms with Gasteiger partial charge in [0.2, 0.25) is 23.7 Å². The first-order valence-electron chi connectivity index (χ1n) is 25.1. The van der Waals surface area contributed by atoms with Crippen molar-refractivity contribution in [3.63, 3.8) is 0 Å². The third kappa shape index (κ3) is 13.9. The molecule has 4 fully saturated rings. The molecule has 0 saturated carbocycles. The number of rotatable bonds is 12. The van der Waals surface area contributed by atoms with Gasteiger partial charge in [0.05, 0.1) is 43.9 Å². The van der Waals surface area contributed by atoms with Gasteiger partial charge >= 0.3 is 6.09 Å². The Labute approximate surface area is 426 Å². The van der Waals surface area contributed by atoms with Crippen LogP contribution in [0.3, 0.4) is 0 Å². The molecule has 18 nitrogen and oxygen atoms in total. The Morgan fingerprint density at radius 2 is 1.04 bits per heavy atom. The lowest BCUT2D eigenvalue weighted by Crippen LogP contribution is -2.45. The average molecular weight is 989 g/mol. The van der Waals surface area contributed by atoms with Crippen LogP contribution in [0.4, 0.5) is 50.8 Å². The Balaban J connectivity index is 0.000000183. The average Bonchev–Trinajstić information content (AvgIpc) is 4.15. The van der Waals surface area contributed by atoms with Gasteiger partial charge in [-0.2, -0.15) is 0 Å². The van der Waals surface area contributed by atoms with Gasteiger partial charge in [0.15, 0.2) is 0 Å². The molecule has 10 rings (SSSR count). The molecule has 0 bridgehead atoms. The number of hydrogen-bond acceptors (Lipinski definition) is 15. The van der Waals surface area contributed by atoms with Crippen LogP contribution in [-0.4, -0.2) is 126 Å². The van der Waals surface area contributed by atoms with E-state index in [4.69, 9.17) is 14.2 Å². The summed E-state index contributed by atoms with van der Waals surface area (Å²) in [5, 5.41) is 15.7. The van der Waals surface area contributed by atoms with Gasteiger partial charge in [0.1, 0.15) is 11.6 Å².